The summed E-state index contributed by atoms with van der Waals surface area (Å²) in [7, 11) is -3.81. The average molecular weight is 306 g/mol. The maximum atomic E-state index is 12.4. The zero-order chi connectivity index (χ0) is 14.4. The topological polar surface area (TPSA) is 108 Å². The number of H-pyrrole nitrogens is 1. The monoisotopic (exact) mass is 306 g/mol. The van der Waals surface area contributed by atoms with Crippen molar-refractivity contribution in [2.75, 3.05) is 6.54 Å². The van der Waals surface area contributed by atoms with E-state index in [-0.39, 0.29) is 17.2 Å². The average Bonchev–Trinajstić information content (AvgIpc) is 2.82. The minimum absolute atomic E-state index is 0.0320. The van der Waals surface area contributed by atoms with Crippen LogP contribution in [-0.2, 0) is 14.8 Å². The second-order valence-electron chi connectivity index (χ2n) is 4.52. The first kappa shape index (κ1) is 14.2. The fourth-order valence-electron chi connectivity index (χ4n) is 2.32. The molecule has 9 heteroatoms. The van der Waals surface area contributed by atoms with Gasteiger partial charge in [0.15, 0.2) is 4.21 Å². The van der Waals surface area contributed by atoms with Gasteiger partial charge in [-0.05, 0) is 20.3 Å². The molecule has 106 valence electrons. The summed E-state index contributed by atoms with van der Waals surface area (Å²) in [5, 5.41) is 9.02. The van der Waals surface area contributed by atoms with Crippen LogP contribution in [0.1, 0.15) is 19.0 Å². The molecule has 0 saturated carbocycles. The van der Waals surface area contributed by atoms with Gasteiger partial charge in [-0.15, -0.1) is 0 Å². The van der Waals surface area contributed by atoms with Crippen LogP contribution in [0.4, 0.5) is 0 Å². The Bertz CT molecular complexity index is 660. The molecule has 0 aromatic carbocycles. The standard InChI is InChI=1S/C10H14N2O5S2/c1-5-9(18-10(15)11-5)19(16,17)12-4-3-7(6(12)2)8(13)14/h6-7H,3-4H2,1-2H3,(H,11,15)(H,13,14). The lowest BCUT2D eigenvalue weighted by Gasteiger charge is -2.22. The molecule has 1 aliphatic heterocycles. The smallest absolute Gasteiger partial charge is 0.308 e. The minimum Gasteiger partial charge on any atom is -0.481 e. The predicted molar refractivity (Wildman–Crippen MR) is 68.8 cm³/mol. The van der Waals surface area contributed by atoms with E-state index in [0.29, 0.717) is 17.0 Å². The molecule has 0 amide bonds. The maximum Gasteiger partial charge on any atom is 0.308 e. The molecule has 2 rings (SSSR count). The third-order valence-corrected chi connectivity index (χ3v) is 6.91. The van der Waals surface area contributed by atoms with E-state index in [4.69, 9.17) is 5.11 Å². The van der Waals surface area contributed by atoms with Crippen LogP contribution in [0, 0.1) is 12.8 Å². The molecule has 2 N–H and O–H groups in total. The molecule has 1 fully saturated rings. The Morgan fingerprint density at radius 3 is 2.58 bits per heavy atom. The van der Waals surface area contributed by atoms with Crippen LogP contribution in [0.5, 0.6) is 0 Å². The first-order valence-electron chi connectivity index (χ1n) is 5.69. The van der Waals surface area contributed by atoms with Crippen LogP contribution in [0.25, 0.3) is 0 Å². The van der Waals surface area contributed by atoms with Crippen molar-refractivity contribution in [1.82, 2.24) is 9.29 Å². The number of aromatic amines is 1. The Morgan fingerprint density at radius 1 is 1.53 bits per heavy atom. The fourth-order valence-corrected chi connectivity index (χ4v) is 5.42. The molecule has 7 nitrogen and oxygen atoms in total. The normalized spacial score (nSPS) is 24.7. The molecule has 19 heavy (non-hydrogen) atoms. The van der Waals surface area contributed by atoms with Crippen molar-refractivity contribution >= 4 is 27.3 Å². The van der Waals surface area contributed by atoms with Crippen LogP contribution in [0.15, 0.2) is 9.00 Å². The summed E-state index contributed by atoms with van der Waals surface area (Å²) in [5.41, 5.74) is 0.293. The van der Waals surface area contributed by atoms with Gasteiger partial charge in [0, 0.05) is 18.3 Å². The Hall–Kier alpha value is -1.19. The summed E-state index contributed by atoms with van der Waals surface area (Å²) in [6.45, 7) is 3.25. The zero-order valence-electron chi connectivity index (χ0n) is 10.4. The summed E-state index contributed by atoms with van der Waals surface area (Å²) < 4.78 is 26.0. The van der Waals surface area contributed by atoms with Crippen molar-refractivity contribution in [2.45, 2.75) is 30.5 Å². The fraction of sp³-hybridized carbons (Fsp3) is 0.600. The lowest BCUT2D eigenvalue weighted by molar-refractivity contribution is -0.142. The van der Waals surface area contributed by atoms with E-state index in [0.717, 1.165) is 4.31 Å². The molecule has 0 aliphatic carbocycles. The largest absolute Gasteiger partial charge is 0.481 e. The second kappa shape index (κ2) is 4.73. The zero-order valence-corrected chi connectivity index (χ0v) is 12.0. The van der Waals surface area contributed by atoms with Gasteiger partial charge < -0.3 is 10.1 Å². The molecule has 1 aromatic heterocycles. The van der Waals surface area contributed by atoms with E-state index >= 15 is 0 Å². The SMILES string of the molecule is Cc1[nH]c(=O)sc1S(=O)(=O)N1CCC(C(=O)O)C1C. The number of hydrogen-bond acceptors (Lipinski definition) is 5. The molecule has 1 aliphatic rings. The third kappa shape index (κ3) is 2.33. The molecular formula is C10H14N2O5S2. The molecule has 2 heterocycles. The van der Waals surface area contributed by atoms with E-state index in [1.54, 1.807) is 6.92 Å². The van der Waals surface area contributed by atoms with Crippen LogP contribution in [-0.4, -0.2) is 41.4 Å². The van der Waals surface area contributed by atoms with Crippen molar-refractivity contribution in [3.05, 3.63) is 15.4 Å². The third-order valence-electron chi connectivity index (χ3n) is 3.34. The summed E-state index contributed by atoms with van der Waals surface area (Å²) in [4.78, 5) is 24.2. The lowest BCUT2D eigenvalue weighted by atomic mass is 10.0. The Balaban J connectivity index is 2.39. The quantitative estimate of drug-likeness (QED) is 0.831. The van der Waals surface area contributed by atoms with Crippen LogP contribution >= 0.6 is 11.3 Å². The van der Waals surface area contributed by atoms with Crippen molar-refractivity contribution in [2.24, 2.45) is 5.92 Å². The van der Waals surface area contributed by atoms with Crippen LogP contribution < -0.4 is 4.87 Å². The molecule has 2 unspecified atom stereocenters. The number of carbonyl (C=O) groups is 1. The van der Waals surface area contributed by atoms with Gasteiger partial charge in [-0.3, -0.25) is 9.59 Å². The van der Waals surface area contributed by atoms with Gasteiger partial charge >= 0.3 is 10.8 Å². The lowest BCUT2D eigenvalue weighted by Crippen LogP contribution is -2.37. The molecule has 1 aromatic rings. The molecular weight excluding hydrogens is 292 g/mol. The van der Waals surface area contributed by atoms with E-state index < -0.39 is 32.8 Å². The van der Waals surface area contributed by atoms with Crippen LogP contribution in [0.3, 0.4) is 0 Å². The minimum atomic E-state index is -3.81. The van der Waals surface area contributed by atoms with Crippen LogP contribution in [0.2, 0.25) is 0 Å². The summed E-state index contributed by atoms with van der Waals surface area (Å²) >= 11 is 0.632. The van der Waals surface area contributed by atoms with Gasteiger partial charge in [0.2, 0.25) is 0 Å². The van der Waals surface area contributed by atoms with Gasteiger partial charge in [0.05, 0.1) is 5.92 Å². The summed E-state index contributed by atoms with van der Waals surface area (Å²) in [5.74, 6) is -1.70. The molecule has 0 spiro atoms. The highest BCUT2D eigenvalue weighted by Crippen LogP contribution is 2.31. The first-order valence-corrected chi connectivity index (χ1v) is 7.95. The number of thiazole rings is 1. The first-order chi connectivity index (χ1) is 8.75. The number of nitrogens with zero attached hydrogens (tertiary/aromatic N) is 1. The number of nitrogens with one attached hydrogen (secondary N) is 1. The van der Waals surface area contributed by atoms with Crippen molar-refractivity contribution in [3.63, 3.8) is 0 Å². The number of hydrogen-bond donors (Lipinski definition) is 2. The summed E-state index contributed by atoms with van der Waals surface area (Å²) in [6.07, 6.45) is 0.286. The molecule has 0 radical (unpaired) electrons. The Kier molecular flexibility index (Phi) is 3.54. The van der Waals surface area contributed by atoms with Crippen molar-refractivity contribution in [1.29, 1.82) is 0 Å². The van der Waals surface area contributed by atoms with E-state index in [2.05, 4.69) is 4.98 Å². The number of sulfonamides is 1. The maximum absolute atomic E-state index is 12.4. The second-order valence-corrected chi connectivity index (χ2v) is 7.59. The molecule has 2 atom stereocenters. The van der Waals surface area contributed by atoms with Gasteiger partial charge in [-0.2, -0.15) is 4.31 Å². The van der Waals surface area contributed by atoms with E-state index in [1.807, 2.05) is 0 Å². The Labute approximate surface area is 113 Å². The number of carboxylic acid groups (broad SMARTS) is 1. The van der Waals surface area contributed by atoms with Gasteiger partial charge in [-0.1, -0.05) is 11.3 Å². The van der Waals surface area contributed by atoms with E-state index in [9.17, 15) is 18.0 Å². The van der Waals surface area contributed by atoms with Gasteiger partial charge in [-0.25, -0.2) is 8.42 Å². The molecule has 0 bridgehead atoms. The highest BCUT2D eigenvalue weighted by atomic mass is 32.2. The highest BCUT2D eigenvalue weighted by molar-refractivity contribution is 7.91. The number of aliphatic carboxylic acids is 1. The van der Waals surface area contributed by atoms with Crippen molar-refractivity contribution < 1.29 is 18.3 Å². The number of aryl methyl sites for hydroxylation is 1. The molecule has 1 saturated heterocycles. The van der Waals surface area contributed by atoms with Gasteiger partial charge in [0.25, 0.3) is 10.0 Å². The van der Waals surface area contributed by atoms with E-state index in [1.165, 1.54) is 6.92 Å². The Morgan fingerprint density at radius 2 is 2.16 bits per heavy atom. The highest BCUT2D eigenvalue weighted by Gasteiger charge is 2.43. The number of aromatic nitrogens is 1. The number of carboxylic acids is 1. The van der Waals surface area contributed by atoms with Crippen molar-refractivity contribution in [3.8, 4) is 0 Å². The summed E-state index contributed by atoms with van der Waals surface area (Å²) in [6, 6.07) is -0.612. The van der Waals surface area contributed by atoms with Gasteiger partial charge in [0.1, 0.15) is 0 Å². The number of rotatable bonds is 3. The predicted octanol–water partition coefficient (Wildman–Crippen LogP) is 0.229.